The predicted molar refractivity (Wildman–Crippen MR) is 201 cm³/mol. The average Bonchev–Trinajstić information content (AvgIpc) is 3.86. The van der Waals surface area contributed by atoms with Gasteiger partial charge in [-0.3, -0.25) is 26.0 Å². The fourth-order valence-electron chi connectivity index (χ4n) is 12.0. The molecule has 54 heavy (non-hydrogen) atoms. The fraction of sp³-hybridized carbons (Fsp3) is 0.750. The maximum atomic E-state index is 13.6. The van der Waals surface area contributed by atoms with E-state index >= 15 is 0 Å². The van der Waals surface area contributed by atoms with Crippen molar-refractivity contribution in [3.8, 4) is 11.5 Å². The van der Waals surface area contributed by atoms with Gasteiger partial charge in [0.1, 0.15) is 17.5 Å². The van der Waals surface area contributed by atoms with Crippen LogP contribution in [0.25, 0.3) is 0 Å². The Balaban J connectivity index is 1.11. The van der Waals surface area contributed by atoms with Gasteiger partial charge >= 0.3 is 12.1 Å². The average molecular weight is 754 g/mol. The van der Waals surface area contributed by atoms with Gasteiger partial charge in [0.2, 0.25) is 5.91 Å². The smallest absolute Gasteiger partial charge is 0.415 e. The number of guanidine groups is 1. The van der Waals surface area contributed by atoms with Gasteiger partial charge in [0, 0.05) is 75.2 Å². The molecule has 8 atom stereocenters. The number of amides is 2. The van der Waals surface area contributed by atoms with Crippen molar-refractivity contribution in [2.24, 2.45) is 40.4 Å². The number of piperidine rings is 1. The Morgan fingerprint density at radius 2 is 1.96 bits per heavy atom. The lowest BCUT2D eigenvalue weighted by atomic mass is 9.33. The minimum absolute atomic E-state index is 0.0351. The Morgan fingerprint density at radius 1 is 1.20 bits per heavy atom. The van der Waals surface area contributed by atoms with Crippen molar-refractivity contribution < 1.29 is 43.2 Å². The number of nitrogens with two attached hydrogens (primary N) is 3. The number of carbonyl (C=O) groups is 3. The second-order valence-electron chi connectivity index (χ2n) is 18.2. The molecule has 2 spiro atoms. The molecule has 1 saturated heterocycles. The number of nitrogens with one attached hydrogen (secondary N) is 2. The van der Waals surface area contributed by atoms with Gasteiger partial charge in [-0.05, 0) is 70.4 Å². The van der Waals surface area contributed by atoms with E-state index in [1.807, 2.05) is 19.9 Å². The molecule has 5 fully saturated rings. The summed E-state index contributed by atoms with van der Waals surface area (Å²) in [5.41, 5.74) is 16.9. The molecule has 2 aliphatic heterocycles. The summed E-state index contributed by atoms with van der Waals surface area (Å²) in [6.45, 7) is 6.82. The van der Waals surface area contributed by atoms with Crippen LogP contribution in [0.5, 0.6) is 11.5 Å². The number of aliphatic hydroxyl groups is 1. The van der Waals surface area contributed by atoms with Crippen LogP contribution in [0, 0.1) is 23.2 Å². The van der Waals surface area contributed by atoms with Crippen LogP contribution in [0.2, 0.25) is 0 Å². The monoisotopic (exact) mass is 753 g/mol. The number of Topliss-reactive ketones (excluding diaryl/α,β-unsaturated/α-hetero) is 1. The topological polar surface area (TPSA) is 206 Å². The van der Waals surface area contributed by atoms with E-state index in [2.05, 4.69) is 23.4 Å². The van der Waals surface area contributed by atoms with Crippen LogP contribution in [0.1, 0.15) is 82.8 Å². The molecule has 4 bridgehead atoms. The summed E-state index contributed by atoms with van der Waals surface area (Å²) in [5, 5.41) is 14.7. The molecular weight excluding hydrogens is 690 g/mol. The number of ether oxygens (including phenoxy) is 3. The molecule has 0 aromatic heterocycles. The third kappa shape index (κ3) is 6.15. The first kappa shape index (κ1) is 38.8. The Kier molecular flexibility index (Phi) is 10.0. The largest absolute Gasteiger partial charge is 0.482 e. The number of methoxy groups -OCH3 is 1. The molecule has 1 aromatic carbocycles. The van der Waals surface area contributed by atoms with Crippen molar-refractivity contribution in [1.29, 1.82) is 0 Å². The number of quaternary nitrogens is 1. The van der Waals surface area contributed by atoms with Gasteiger partial charge in [0.25, 0.3) is 0 Å². The second-order valence-corrected chi connectivity index (χ2v) is 18.2. The van der Waals surface area contributed by atoms with E-state index in [9.17, 15) is 19.5 Å². The lowest BCUT2D eigenvalue weighted by molar-refractivity contribution is -0.952. The van der Waals surface area contributed by atoms with Gasteiger partial charge in [-0.15, -0.1) is 0 Å². The third-order valence-corrected chi connectivity index (χ3v) is 14.6. The van der Waals surface area contributed by atoms with Gasteiger partial charge in [0.15, 0.2) is 11.5 Å². The molecule has 9 N–H and O–H groups in total. The van der Waals surface area contributed by atoms with E-state index in [1.165, 1.54) is 35.4 Å². The van der Waals surface area contributed by atoms with Crippen LogP contribution >= 0.6 is 0 Å². The molecule has 4 saturated carbocycles. The third-order valence-electron chi connectivity index (χ3n) is 14.6. The highest BCUT2D eigenvalue weighted by Crippen LogP contribution is 2.78. The van der Waals surface area contributed by atoms with Crippen molar-refractivity contribution in [3.63, 3.8) is 0 Å². The Morgan fingerprint density at radius 3 is 2.63 bits per heavy atom. The van der Waals surface area contributed by atoms with Crippen LogP contribution in [-0.4, -0.2) is 122 Å². The number of hydrogen-bond donors (Lipinski definition) is 6. The lowest BCUT2D eigenvalue weighted by Gasteiger charge is -2.75. The minimum atomic E-state index is -0.972. The highest BCUT2D eigenvalue weighted by molar-refractivity contribution is 5.87. The van der Waals surface area contributed by atoms with Crippen molar-refractivity contribution >= 4 is 23.7 Å². The fourth-order valence-corrected chi connectivity index (χ4v) is 12.0. The maximum Gasteiger partial charge on any atom is 0.415 e. The standard InChI is InChI=1S/C40H61N7O7/c1-37(2,51)29-21-38-12-13-40(29,52-5)34-39(38)14-18-47(4,23-24-8-9-24)30(38)20-25-10-11-28(32(54-34)31(25)39)53-36(50)46(3)17-16-44-33(49)26(19-27(48)22-41)7-6-15-45-35(42)43/h10-11,24,26,29-30,34,51H,6-9,12-23,41H2,1-5H3,(H4-,42,43,44,45,49)/p+2/t26-,29-,30+,34-,38-,39+,40-,47?/m1/s1. The van der Waals surface area contributed by atoms with Crippen molar-refractivity contribution in [3.05, 3.63) is 23.3 Å². The zero-order chi connectivity index (χ0) is 38.8. The number of ketones is 1. The number of hydrogen-bond acceptors (Lipinski definition) is 8. The van der Waals surface area contributed by atoms with Gasteiger partial charge < -0.3 is 39.8 Å². The second kappa shape index (κ2) is 13.9. The molecule has 1 aromatic rings. The first-order chi connectivity index (χ1) is 25.5. The Bertz CT molecular complexity index is 1690. The van der Waals surface area contributed by atoms with Gasteiger partial charge in [-0.25, -0.2) is 4.79 Å². The van der Waals surface area contributed by atoms with E-state index in [0.717, 1.165) is 49.0 Å². The maximum absolute atomic E-state index is 13.6. The molecule has 2 heterocycles. The van der Waals surface area contributed by atoms with Crippen LogP contribution in [0.3, 0.4) is 0 Å². The first-order valence-corrected chi connectivity index (χ1v) is 20.0. The van der Waals surface area contributed by atoms with E-state index in [1.54, 1.807) is 14.2 Å². The van der Waals surface area contributed by atoms with E-state index in [0.29, 0.717) is 36.9 Å². The highest BCUT2D eigenvalue weighted by Gasteiger charge is 2.84. The summed E-state index contributed by atoms with van der Waals surface area (Å²) in [6, 6.07) is 4.43. The SMILES string of the molecule is CO[C@]12CC[C@@]3(C[C@@H]1C(C)(C)O)[C@@H]1Cc4ccc(OC(=O)N(C)CCNC(=O)[C@H](CCC[NH+]=C(N)N)CC(=O)CN)c5c4[C@@]3(CC[N+]1(C)CC1CC1)[C@H]2O5. The van der Waals surface area contributed by atoms with Crippen molar-refractivity contribution in [2.75, 3.05) is 60.5 Å². The van der Waals surface area contributed by atoms with Crippen LogP contribution in [0.15, 0.2) is 12.1 Å². The predicted octanol–water partition coefficient (Wildman–Crippen LogP) is 0.0417. The summed E-state index contributed by atoms with van der Waals surface area (Å²) in [5.74, 6) is 0.767. The Labute approximate surface area is 319 Å². The van der Waals surface area contributed by atoms with Crippen LogP contribution in [-0.2, 0) is 26.2 Å². The molecule has 7 aliphatic rings. The van der Waals surface area contributed by atoms with Gasteiger partial charge in [-0.2, -0.15) is 0 Å². The zero-order valence-corrected chi connectivity index (χ0v) is 32.9. The number of likely N-dealkylation sites (tertiary alicyclic amines) is 1. The molecule has 298 valence electrons. The summed E-state index contributed by atoms with van der Waals surface area (Å²) in [7, 11) is 5.89. The summed E-state index contributed by atoms with van der Waals surface area (Å²) >= 11 is 0. The van der Waals surface area contributed by atoms with E-state index in [4.69, 9.17) is 31.4 Å². The number of fused-ring (bicyclic) bond motifs is 2. The number of nitrogens with zero attached hydrogens (tertiary/aromatic N) is 2. The summed E-state index contributed by atoms with van der Waals surface area (Å²) in [6.07, 6.45) is 7.44. The summed E-state index contributed by atoms with van der Waals surface area (Å²) in [4.78, 5) is 43.1. The molecule has 5 aliphatic carbocycles. The first-order valence-electron chi connectivity index (χ1n) is 20.0. The quantitative estimate of drug-likeness (QED) is 0.0579. The molecule has 14 nitrogen and oxygen atoms in total. The van der Waals surface area contributed by atoms with Crippen LogP contribution < -0.4 is 37.0 Å². The van der Waals surface area contributed by atoms with E-state index in [-0.39, 0.29) is 66.6 Å². The van der Waals surface area contributed by atoms with Gasteiger partial charge in [0.05, 0.1) is 50.3 Å². The van der Waals surface area contributed by atoms with Gasteiger partial charge in [-0.1, -0.05) is 6.07 Å². The molecule has 0 radical (unpaired) electrons. The molecular formula is C40H63N7O7+2. The van der Waals surface area contributed by atoms with Crippen molar-refractivity contribution in [1.82, 2.24) is 10.2 Å². The van der Waals surface area contributed by atoms with E-state index < -0.39 is 23.2 Å². The number of carbonyl (C=O) groups excluding carboxylic acids is 3. The molecule has 1 unspecified atom stereocenters. The lowest BCUT2D eigenvalue weighted by Crippen LogP contribution is -2.84. The minimum Gasteiger partial charge on any atom is -0.482 e. The summed E-state index contributed by atoms with van der Waals surface area (Å²) < 4.78 is 21.0. The van der Waals surface area contributed by atoms with Crippen LogP contribution in [0.4, 0.5) is 4.79 Å². The number of benzene rings is 1. The number of rotatable bonds is 16. The molecule has 2 amide bonds. The normalized spacial score (nSPS) is 33.3. The molecule has 14 heteroatoms. The Hall–Kier alpha value is -3.46. The van der Waals surface area contributed by atoms with Crippen molar-refractivity contribution in [2.45, 2.75) is 107 Å². The zero-order valence-electron chi connectivity index (χ0n) is 32.9. The highest BCUT2D eigenvalue weighted by atomic mass is 16.6. The number of likely N-dealkylation sites (N-methyl/N-ethyl adjacent to an activating group) is 2. The molecule has 8 rings (SSSR count).